The van der Waals surface area contributed by atoms with E-state index in [1.165, 1.54) is 12.1 Å². The normalized spacial score (nSPS) is 17.8. The standard InChI is InChI=1S/C27H22F7N5O2/c1-13-9-16(28)10-19(29)22(13)15-6-4-14(5-7-15)17-11-20(24-36-25(23(30)31)41-38-24)37-39(26(17)40)12-21-18(27(32,33)34)3-2-8-35-21/h2-3,8-11,14-15,23H,4-7,12H2,1H3. The van der Waals surface area contributed by atoms with Crippen LogP contribution in [0.5, 0.6) is 0 Å². The molecule has 1 aromatic carbocycles. The maximum atomic E-state index is 14.6. The molecule has 0 radical (unpaired) electrons. The number of hydrogen-bond donors (Lipinski definition) is 0. The smallest absolute Gasteiger partial charge is 0.333 e. The second-order valence-corrected chi connectivity index (χ2v) is 9.87. The first-order valence-corrected chi connectivity index (χ1v) is 12.6. The molecule has 0 N–H and O–H groups in total. The Labute approximate surface area is 228 Å². The predicted molar refractivity (Wildman–Crippen MR) is 130 cm³/mol. The molecule has 3 heterocycles. The van der Waals surface area contributed by atoms with Crippen molar-refractivity contribution in [3.8, 4) is 11.5 Å². The zero-order valence-corrected chi connectivity index (χ0v) is 21.4. The van der Waals surface area contributed by atoms with Gasteiger partial charge in [-0.2, -0.15) is 32.0 Å². The van der Waals surface area contributed by atoms with E-state index in [1.54, 1.807) is 6.92 Å². The molecule has 0 saturated heterocycles. The SMILES string of the molecule is Cc1cc(F)cc(F)c1C1CCC(c2cc(-c3noc(C(F)F)n3)nn(Cc3ncccc3C(F)(F)F)c2=O)CC1. The Balaban J connectivity index is 1.52. The Hall–Kier alpha value is -4.10. The quantitative estimate of drug-likeness (QED) is 0.235. The van der Waals surface area contributed by atoms with Crippen molar-refractivity contribution in [1.29, 1.82) is 0 Å². The Bertz CT molecular complexity index is 1600. The van der Waals surface area contributed by atoms with Crippen molar-refractivity contribution >= 4 is 0 Å². The van der Waals surface area contributed by atoms with Gasteiger partial charge in [0.1, 0.15) is 17.3 Å². The van der Waals surface area contributed by atoms with Crippen LogP contribution in [0.15, 0.2) is 45.8 Å². The summed E-state index contributed by atoms with van der Waals surface area (Å²) in [7, 11) is 0. The summed E-state index contributed by atoms with van der Waals surface area (Å²) in [5.41, 5.74) is -1.33. The molecule has 0 atom stereocenters. The summed E-state index contributed by atoms with van der Waals surface area (Å²) in [6.45, 7) is 0.955. The van der Waals surface area contributed by atoms with E-state index >= 15 is 0 Å². The summed E-state index contributed by atoms with van der Waals surface area (Å²) in [4.78, 5) is 20.9. The average Bonchev–Trinajstić information content (AvgIpc) is 3.40. The lowest BCUT2D eigenvalue weighted by molar-refractivity contribution is -0.138. The van der Waals surface area contributed by atoms with Gasteiger partial charge in [0.05, 0.1) is 17.8 Å². The Morgan fingerprint density at radius 3 is 2.41 bits per heavy atom. The first-order valence-electron chi connectivity index (χ1n) is 12.6. The molecule has 1 saturated carbocycles. The van der Waals surface area contributed by atoms with Crippen LogP contribution in [0.3, 0.4) is 0 Å². The molecule has 0 amide bonds. The lowest BCUT2D eigenvalue weighted by Gasteiger charge is -2.30. The molecule has 7 nitrogen and oxygen atoms in total. The first kappa shape index (κ1) is 28.4. The van der Waals surface area contributed by atoms with Crippen LogP contribution < -0.4 is 5.56 Å². The summed E-state index contributed by atoms with van der Waals surface area (Å²) in [5, 5.41) is 7.56. The Morgan fingerprint density at radius 1 is 1.07 bits per heavy atom. The molecule has 1 aliphatic carbocycles. The van der Waals surface area contributed by atoms with E-state index in [0.29, 0.717) is 36.8 Å². The molecule has 0 aliphatic heterocycles. The molecule has 0 unspecified atom stereocenters. The topological polar surface area (TPSA) is 86.7 Å². The van der Waals surface area contributed by atoms with Crippen molar-refractivity contribution in [1.82, 2.24) is 24.9 Å². The number of benzene rings is 1. The molecule has 0 bridgehead atoms. The summed E-state index contributed by atoms with van der Waals surface area (Å²) < 4.78 is 100. The monoisotopic (exact) mass is 581 g/mol. The zero-order chi connectivity index (χ0) is 29.5. The molecule has 4 aromatic rings. The lowest BCUT2D eigenvalue weighted by atomic mass is 9.75. The molecule has 1 aliphatic rings. The van der Waals surface area contributed by atoms with E-state index in [0.717, 1.165) is 29.1 Å². The van der Waals surface area contributed by atoms with E-state index in [4.69, 9.17) is 0 Å². The maximum Gasteiger partial charge on any atom is 0.418 e. The largest absolute Gasteiger partial charge is 0.418 e. The van der Waals surface area contributed by atoms with Crippen LogP contribution in [-0.4, -0.2) is 24.9 Å². The van der Waals surface area contributed by atoms with Crippen LogP contribution in [0.4, 0.5) is 30.7 Å². The summed E-state index contributed by atoms with van der Waals surface area (Å²) in [6.07, 6.45) is -5.00. The van der Waals surface area contributed by atoms with Crippen molar-refractivity contribution in [2.45, 2.75) is 63.6 Å². The van der Waals surface area contributed by atoms with Gasteiger partial charge in [-0.1, -0.05) is 5.16 Å². The number of aromatic nitrogens is 5. The Kier molecular flexibility index (Phi) is 7.66. The number of halogens is 7. The third kappa shape index (κ3) is 5.86. The molecule has 41 heavy (non-hydrogen) atoms. The van der Waals surface area contributed by atoms with Crippen LogP contribution in [0.1, 0.15) is 77.8 Å². The zero-order valence-electron chi connectivity index (χ0n) is 21.4. The van der Waals surface area contributed by atoms with Gasteiger partial charge in [-0.05, 0) is 79.8 Å². The minimum atomic E-state index is -4.75. The highest BCUT2D eigenvalue weighted by Crippen LogP contribution is 2.42. The lowest BCUT2D eigenvalue weighted by Crippen LogP contribution is -2.31. The third-order valence-corrected chi connectivity index (χ3v) is 7.23. The highest BCUT2D eigenvalue weighted by atomic mass is 19.4. The van der Waals surface area contributed by atoms with E-state index in [2.05, 4.69) is 24.7 Å². The summed E-state index contributed by atoms with van der Waals surface area (Å²) in [5.74, 6) is -3.33. The van der Waals surface area contributed by atoms with Crippen LogP contribution in [0.25, 0.3) is 11.5 Å². The van der Waals surface area contributed by atoms with Gasteiger partial charge in [-0.15, -0.1) is 0 Å². The summed E-state index contributed by atoms with van der Waals surface area (Å²) in [6, 6.07) is 5.33. The summed E-state index contributed by atoms with van der Waals surface area (Å²) >= 11 is 0. The predicted octanol–water partition coefficient (Wildman–Crippen LogP) is 6.72. The maximum absolute atomic E-state index is 14.6. The highest BCUT2D eigenvalue weighted by Gasteiger charge is 2.35. The van der Waals surface area contributed by atoms with Gasteiger partial charge in [0.15, 0.2) is 0 Å². The van der Waals surface area contributed by atoms with Crippen molar-refractivity contribution < 1.29 is 35.3 Å². The van der Waals surface area contributed by atoms with Crippen molar-refractivity contribution in [3.05, 3.63) is 92.4 Å². The van der Waals surface area contributed by atoms with Crippen LogP contribution in [-0.2, 0) is 12.7 Å². The molecular weight excluding hydrogens is 559 g/mol. The van der Waals surface area contributed by atoms with E-state index in [-0.39, 0.29) is 23.0 Å². The number of nitrogens with zero attached hydrogens (tertiary/aromatic N) is 5. The molecule has 1 fully saturated rings. The van der Waals surface area contributed by atoms with Crippen LogP contribution in [0.2, 0.25) is 0 Å². The van der Waals surface area contributed by atoms with Crippen molar-refractivity contribution in [3.63, 3.8) is 0 Å². The van der Waals surface area contributed by atoms with E-state index < -0.39 is 59.4 Å². The fraction of sp³-hybridized carbons (Fsp3) is 0.370. The van der Waals surface area contributed by atoms with E-state index in [1.807, 2.05) is 0 Å². The van der Waals surface area contributed by atoms with Gasteiger partial charge < -0.3 is 4.52 Å². The molecule has 216 valence electrons. The van der Waals surface area contributed by atoms with Gasteiger partial charge in [0, 0.05) is 17.8 Å². The number of alkyl halides is 5. The average molecular weight is 581 g/mol. The van der Waals surface area contributed by atoms with Crippen molar-refractivity contribution in [2.24, 2.45) is 0 Å². The third-order valence-electron chi connectivity index (χ3n) is 7.23. The molecule has 14 heteroatoms. The molecular formula is C27H22F7N5O2. The number of rotatable bonds is 6. The number of aryl methyl sites for hydroxylation is 1. The molecule has 5 rings (SSSR count). The van der Waals surface area contributed by atoms with Crippen molar-refractivity contribution in [2.75, 3.05) is 0 Å². The molecule has 0 spiro atoms. The van der Waals surface area contributed by atoms with Gasteiger partial charge in [-0.25, -0.2) is 13.5 Å². The minimum Gasteiger partial charge on any atom is -0.333 e. The number of hydrogen-bond acceptors (Lipinski definition) is 6. The molecule has 3 aromatic heterocycles. The van der Waals surface area contributed by atoms with E-state index in [9.17, 15) is 35.5 Å². The van der Waals surface area contributed by atoms with Gasteiger partial charge >= 0.3 is 12.6 Å². The second-order valence-electron chi connectivity index (χ2n) is 9.87. The fourth-order valence-corrected chi connectivity index (χ4v) is 5.39. The number of pyridine rings is 1. The minimum absolute atomic E-state index is 0.151. The van der Waals surface area contributed by atoms with Gasteiger partial charge in [0.25, 0.3) is 11.4 Å². The van der Waals surface area contributed by atoms with Gasteiger partial charge in [-0.3, -0.25) is 9.78 Å². The van der Waals surface area contributed by atoms with Gasteiger partial charge in [0.2, 0.25) is 5.82 Å². The fourth-order valence-electron chi connectivity index (χ4n) is 5.39. The Morgan fingerprint density at radius 2 is 1.78 bits per heavy atom. The van der Waals surface area contributed by atoms with Crippen LogP contribution in [0, 0.1) is 18.6 Å². The second kappa shape index (κ2) is 11.1. The highest BCUT2D eigenvalue weighted by molar-refractivity contribution is 5.49. The van der Waals surface area contributed by atoms with Crippen LogP contribution >= 0.6 is 0 Å². The first-order chi connectivity index (χ1) is 19.4.